The number of hydrogen-bond acceptors (Lipinski definition) is 3. The maximum atomic E-state index is 8.79. The molecule has 0 saturated heterocycles. The summed E-state index contributed by atoms with van der Waals surface area (Å²) in [6.45, 7) is 6.31. The van der Waals surface area contributed by atoms with E-state index in [0.29, 0.717) is 18.6 Å². The Bertz CT molecular complexity index is 103. The minimum Gasteiger partial charge on any atom is -0.396 e. The molecule has 0 aliphatic carbocycles. The van der Waals surface area contributed by atoms with Crippen molar-refractivity contribution >= 4 is 0 Å². The fourth-order valence-electron chi connectivity index (χ4n) is 1.11. The van der Waals surface area contributed by atoms with E-state index >= 15 is 0 Å². The van der Waals surface area contributed by atoms with Crippen LogP contribution in [0.5, 0.6) is 0 Å². The maximum absolute atomic E-state index is 8.79. The number of methoxy groups -OCH3 is 1. The van der Waals surface area contributed by atoms with Gasteiger partial charge in [0.25, 0.3) is 0 Å². The lowest BCUT2D eigenvalue weighted by molar-refractivity contribution is 0.146. The van der Waals surface area contributed by atoms with Crippen LogP contribution >= 0.6 is 0 Å². The van der Waals surface area contributed by atoms with Gasteiger partial charge in [0.05, 0.1) is 6.61 Å². The van der Waals surface area contributed by atoms with Crippen molar-refractivity contribution in [2.75, 3.05) is 26.9 Å². The molecular formula is C10H23NO2. The van der Waals surface area contributed by atoms with Crippen molar-refractivity contribution in [2.24, 2.45) is 5.92 Å². The van der Waals surface area contributed by atoms with Gasteiger partial charge in [-0.25, -0.2) is 0 Å². The van der Waals surface area contributed by atoms with Crippen molar-refractivity contribution < 1.29 is 9.84 Å². The van der Waals surface area contributed by atoms with Crippen LogP contribution < -0.4 is 5.32 Å². The summed E-state index contributed by atoms with van der Waals surface area (Å²) >= 11 is 0. The molecule has 0 aromatic carbocycles. The highest BCUT2D eigenvalue weighted by molar-refractivity contribution is 4.67. The van der Waals surface area contributed by atoms with E-state index in [-0.39, 0.29) is 6.61 Å². The van der Waals surface area contributed by atoms with E-state index in [0.717, 1.165) is 13.0 Å². The molecule has 0 aliphatic heterocycles. The minimum absolute atomic E-state index is 0.224. The van der Waals surface area contributed by atoms with Crippen molar-refractivity contribution in [1.29, 1.82) is 0 Å². The van der Waals surface area contributed by atoms with Crippen molar-refractivity contribution in [3.8, 4) is 0 Å². The van der Waals surface area contributed by atoms with E-state index in [1.54, 1.807) is 7.11 Å². The summed E-state index contributed by atoms with van der Waals surface area (Å²) in [5, 5.41) is 12.2. The second kappa shape index (κ2) is 8.48. The van der Waals surface area contributed by atoms with Gasteiger partial charge < -0.3 is 15.2 Å². The molecular weight excluding hydrogens is 166 g/mol. The number of hydrogen-bond donors (Lipinski definition) is 2. The van der Waals surface area contributed by atoms with Gasteiger partial charge >= 0.3 is 0 Å². The second-order valence-corrected chi connectivity index (χ2v) is 3.59. The van der Waals surface area contributed by atoms with Gasteiger partial charge in [0.15, 0.2) is 0 Å². The van der Waals surface area contributed by atoms with Gasteiger partial charge in [-0.05, 0) is 18.9 Å². The summed E-state index contributed by atoms with van der Waals surface area (Å²) in [6.07, 6.45) is 1.95. The molecule has 80 valence electrons. The molecule has 0 aromatic rings. The standard InChI is InChI=1S/C10H23NO2/c1-4-9(2)7-11-10(5-6-12)8-13-3/h9-12H,4-8H2,1-3H3. The average Bonchev–Trinajstić information content (AvgIpc) is 2.14. The first-order chi connectivity index (χ1) is 6.24. The van der Waals surface area contributed by atoms with E-state index in [2.05, 4.69) is 19.2 Å². The Morgan fingerprint density at radius 2 is 2.15 bits per heavy atom. The van der Waals surface area contributed by atoms with Gasteiger partial charge in [-0.3, -0.25) is 0 Å². The highest BCUT2D eigenvalue weighted by atomic mass is 16.5. The SMILES string of the molecule is CCC(C)CNC(CCO)COC. The quantitative estimate of drug-likeness (QED) is 0.599. The Balaban J connectivity index is 3.55. The monoisotopic (exact) mass is 189 g/mol. The van der Waals surface area contributed by atoms with Crippen LogP contribution in [0.25, 0.3) is 0 Å². The minimum atomic E-state index is 0.224. The molecule has 0 heterocycles. The summed E-state index contributed by atoms with van der Waals surface area (Å²) in [5.74, 6) is 0.693. The zero-order chi connectivity index (χ0) is 10.1. The van der Waals surface area contributed by atoms with Gasteiger partial charge in [0.1, 0.15) is 0 Å². The maximum Gasteiger partial charge on any atom is 0.0616 e. The molecule has 0 aromatic heterocycles. The molecule has 2 atom stereocenters. The summed E-state index contributed by atoms with van der Waals surface area (Å²) in [7, 11) is 1.69. The molecule has 0 amide bonds. The zero-order valence-electron chi connectivity index (χ0n) is 9.05. The summed E-state index contributed by atoms with van der Waals surface area (Å²) in [4.78, 5) is 0. The van der Waals surface area contributed by atoms with Crippen LogP contribution in [0.15, 0.2) is 0 Å². The molecule has 2 unspecified atom stereocenters. The van der Waals surface area contributed by atoms with Crippen molar-refractivity contribution in [2.45, 2.75) is 32.7 Å². The molecule has 0 rings (SSSR count). The van der Waals surface area contributed by atoms with Gasteiger partial charge in [-0.2, -0.15) is 0 Å². The van der Waals surface area contributed by atoms with Crippen LogP contribution in [-0.4, -0.2) is 38.0 Å². The van der Waals surface area contributed by atoms with Crippen LogP contribution in [0.2, 0.25) is 0 Å². The third kappa shape index (κ3) is 6.99. The van der Waals surface area contributed by atoms with Crippen LogP contribution in [0.1, 0.15) is 26.7 Å². The Morgan fingerprint density at radius 3 is 2.62 bits per heavy atom. The van der Waals surface area contributed by atoms with Crippen LogP contribution in [0, 0.1) is 5.92 Å². The molecule has 13 heavy (non-hydrogen) atoms. The van der Waals surface area contributed by atoms with Crippen molar-refractivity contribution in [3.05, 3.63) is 0 Å². The van der Waals surface area contributed by atoms with E-state index < -0.39 is 0 Å². The van der Waals surface area contributed by atoms with Crippen LogP contribution in [0.4, 0.5) is 0 Å². The molecule has 0 bridgehead atoms. The topological polar surface area (TPSA) is 41.5 Å². The predicted molar refractivity (Wildman–Crippen MR) is 54.8 cm³/mol. The molecule has 0 saturated carbocycles. The first kappa shape index (κ1) is 12.9. The van der Waals surface area contributed by atoms with Gasteiger partial charge in [-0.1, -0.05) is 20.3 Å². The number of ether oxygens (including phenoxy) is 1. The predicted octanol–water partition coefficient (Wildman–Crippen LogP) is 1.02. The molecule has 0 radical (unpaired) electrons. The second-order valence-electron chi connectivity index (χ2n) is 3.59. The lowest BCUT2D eigenvalue weighted by Gasteiger charge is -2.19. The Kier molecular flexibility index (Phi) is 8.40. The van der Waals surface area contributed by atoms with Crippen LogP contribution in [-0.2, 0) is 4.74 Å². The van der Waals surface area contributed by atoms with Crippen molar-refractivity contribution in [1.82, 2.24) is 5.32 Å². The highest BCUT2D eigenvalue weighted by Crippen LogP contribution is 2.00. The Labute approximate surface area is 81.5 Å². The van der Waals surface area contributed by atoms with E-state index in [9.17, 15) is 0 Å². The average molecular weight is 189 g/mol. The third-order valence-electron chi connectivity index (χ3n) is 2.30. The first-order valence-electron chi connectivity index (χ1n) is 5.07. The third-order valence-corrected chi connectivity index (χ3v) is 2.30. The van der Waals surface area contributed by atoms with Crippen molar-refractivity contribution in [3.63, 3.8) is 0 Å². The number of rotatable bonds is 8. The molecule has 3 heteroatoms. The molecule has 3 nitrogen and oxygen atoms in total. The zero-order valence-corrected chi connectivity index (χ0v) is 9.05. The van der Waals surface area contributed by atoms with Gasteiger partial charge in [0.2, 0.25) is 0 Å². The van der Waals surface area contributed by atoms with Gasteiger partial charge in [-0.15, -0.1) is 0 Å². The highest BCUT2D eigenvalue weighted by Gasteiger charge is 2.07. The summed E-state index contributed by atoms with van der Waals surface area (Å²) < 4.78 is 5.05. The van der Waals surface area contributed by atoms with E-state index in [1.165, 1.54) is 6.42 Å². The van der Waals surface area contributed by atoms with Gasteiger partial charge in [0, 0.05) is 19.8 Å². The number of nitrogens with one attached hydrogen (secondary N) is 1. The number of aliphatic hydroxyl groups is 1. The van der Waals surface area contributed by atoms with E-state index in [4.69, 9.17) is 9.84 Å². The smallest absolute Gasteiger partial charge is 0.0616 e. The Hall–Kier alpha value is -0.120. The molecule has 0 fully saturated rings. The lowest BCUT2D eigenvalue weighted by Crippen LogP contribution is -2.36. The fraction of sp³-hybridized carbons (Fsp3) is 1.00. The molecule has 2 N–H and O–H groups in total. The first-order valence-corrected chi connectivity index (χ1v) is 5.07. The van der Waals surface area contributed by atoms with E-state index in [1.807, 2.05) is 0 Å². The molecule has 0 spiro atoms. The van der Waals surface area contributed by atoms with Crippen LogP contribution in [0.3, 0.4) is 0 Å². The Morgan fingerprint density at radius 1 is 1.46 bits per heavy atom. The largest absolute Gasteiger partial charge is 0.396 e. The normalized spacial score (nSPS) is 15.7. The summed E-state index contributed by atoms with van der Waals surface area (Å²) in [6, 6.07) is 0.295. The fourth-order valence-corrected chi connectivity index (χ4v) is 1.11. The summed E-state index contributed by atoms with van der Waals surface area (Å²) in [5.41, 5.74) is 0. The number of aliphatic hydroxyl groups excluding tert-OH is 1. The molecule has 0 aliphatic rings. The lowest BCUT2D eigenvalue weighted by atomic mass is 10.1.